The van der Waals surface area contributed by atoms with Crippen LogP contribution in [0.25, 0.3) is 0 Å². The second-order valence-corrected chi connectivity index (χ2v) is 30.2. The van der Waals surface area contributed by atoms with Crippen molar-refractivity contribution in [3.8, 4) is 0 Å². The van der Waals surface area contributed by atoms with Gasteiger partial charge in [-0.1, -0.05) is 220 Å². The molecule has 5 aromatic carbocycles. The normalized spacial score (nSPS) is 12.9. The van der Waals surface area contributed by atoms with Crippen molar-refractivity contribution < 1.29 is 71.6 Å². The van der Waals surface area contributed by atoms with Gasteiger partial charge in [0.05, 0.1) is 58.5 Å². The Kier molecular flexibility index (Phi) is 47.8. The van der Waals surface area contributed by atoms with Crippen molar-refractivity contribution in [3.63, 3.8) is 0 Å². The van der Waals surface area contributed by atoms with Crippen LogP contribution in [-0.2, 0) is 104 Å². The van der Waals surface area contributed by atoms with Gasteiger partial charge in [0.15, 0.2) is 0 Å². The molecule has 1 saturated carbocycles. The predicted molar refractivity (Wildman–Crippen MR) is 425 cm³/mol. The summed E-state index contributed by atoms with van der Waals surface area (Å²) in [7, 11) is 0. The van der Waals surface area contributed by atoms with Crippen molar-refractivity contribution in [2.75, 3.05) is 45.0 Å². The molecule has 107 heavy (non-hydrogen) atoms. The van der Waals surface area contributed by atoms with Gasteiger partial charge in [-0.3, -0.25) is 24.0 Å². The highest BCUT2D eigenvalue weighted by atomic mass is 35.5. The maximum absolute atomic E-state index is 12.2. The van der Waals surface area contributed by atoms with E-state index in [1.807, 2.05) is 186 Å². The minimum Gasteiger partial charge on any atom is -0.464 e. The number of nitrogens with one attached hydrogen (secondary N) is 5. The van der Waals surface area contributed by atoms with Crippen LogP contribution in [0.15, 0.2) is 151 Å². The van der Waals surface area contributed by atoms with Crippen LogP contribution in [0.1, 0.15) is 157 Å². The third-order valence-electron chi connectivity index (χ3n) is 15.6. The molecule has 0 radical (unpaired) electrons. The maximum atomic E-state index is 12.2. The van der Waals surface area contributed by atoms with Crippen LogP contribution < -0.4 is 26.6 Å². The summed E-state index contributed by atoms with van der Waals surface area (Å²) in [6.07, 6.45) is 9.33. The highest BCUT2D eigenvalue weighted by molar-refractivity contribution is 7.98. The molecule has 1 aliphatic rings. The highest BCUT2D eigenvalue weighted by Gasteiger charge is 2.29. The molecule has 0 spiro atoms. The topological polar surface area (TPSA) is 277 Å². The minimum atomic E-state index is -0.678. The summed E-state index contributed by atoms with van der Waals surface area (Å²) in [5.74, 6) is -0.299. The van der Waals surface area contributed by atoms with Gasteiger partial charge in [-0.25, -0.2) is 24.0 Å². The van der Waals surface area contributed by atoms with Crippen LogP contribution in [0.3, 0.4) is 0 Å². The second kappa shape index (κ2) is 54.1. The summed E-state index contributed by atoms with van der Waals surface area (Å²) in [5.41, 5.74) is 5.47. The van der Waals surface area contributed by atoms with Crippen molar-refractivity contribution in [3.05, 3.63) is 189 Å². The molecule has 5 N–H and O–H groups in total. The number of amides is 5. The first-order chi connectivity index (χ1) is 50.8. The zero-order valence-electron chi connectivity index (χ0n) is 65.3. The molecule has 0 heterocycles. The monoisotopic (exact) mass is 1540 g/mol. The zero-order valence-corrected chi connectivity index (χ0v) is 67.6. The standard InChI is InChI=1S/2C18H27NO3.C17H25NO3S.C16H20ClNO3.C15H18ClNO3/c1-13(2)10-16(18(21)22-12-14(3)4)19-17(20)11-15-8-6-5-7-9-15;1-5-14(4)12-22-18(21)17(13(2)3)19-16(20)11-15-9-7-6-8-10-15;1-13(2)12-21-17(20)15(9-10-22-3)18-16(19)11-14-7-5-4-6-8-14;1-11(2)7-8-21-16(20)12(3)18-15(19)10-13-5-4-6-14(17)9-13;1-10(15(19)20-9-11-5-6-11)17-14(18)8-12-3-2-4-13(16)7-12/h5-9,13-14,16H,10-12H2,1-4H3,(H,19,20);6-10,13-14,17H,5,11-12H2,1-4H3,(H,19,20);4-8,13,15H,9-12H2,1-3H3,(H,18,19);4-7,9,12H,8,10H2,1-3H3,(H,18,19);2-4,7,10-11H,5-6,8-9H2,1H3,(H,17,18)/t16-;14?,17-;15-;12-;10-/m00000/s1. The molecular weight excluding hydrogens is 1420 g/mol. The molecule has 0 bridgehead atoms. The van der Waals surface area contributed by atoms with Crippen LogP contribution in [0.5, 0.6) is 0 Å². The Labute approximate surface area is 649 Å². The van der Waals surface area contributed by atoms with E-state index >= 15 is 0 Å². The molecule has 1 unspecified atom stereocenters. The SMILES string of the molecule is CC(C)=CCOC(=O)[C@H](C)NC(=O)Cc1cccc(Cl)c1.CC(C)COC(=O)[C@H](CC(C)C)NC(=O)Cc1ccccc1.CCC(C)COC(=O)[C@@H](NC(=O)Cc1ccccc1)C(C)C.CSCC[C@H](NC(=O)Cc1ccccc1)C(=O)OCC(C)C.C[C@H](NC(=O)Cc1cccc(Cl)c1)C(=O)OCC1CC1. The summed E-state index contributed by atoms with van der Waals surface area (Å²) < 4.78 is 26.0. The molecule has 5 aromatic rings. The van der Waals surface area contributed by atoms with E-state index < -0.39 is 36.2 Å². The molecule has 6 atom stereocenters. The van der Waals surface area contributed by atoms with Gasteiger partial charge in [0.2, 0.25) is 29.5 Å². The first-order valence-corrected chi connectivity index (χ1v) is 38.9. The molecule has 20 nitrogen and oxygen atoms in total. The Morgan fingerprint density at radius 1 is 0.449 bits per heavy atom. The summed E-state index contributed by atoms with van der Waals surface area (Å²) >= 11 is 13.4. The van der Waals surface area contributed by atoms with Crippen molar-refractivity contribution in [1.82, 2.24) is 26.6 Å². The summed E-state index contributed by atoms with van der Waals surface area (Å²) in [5, 5.41) is 14.8. The Morgan fingerprint density at radius 3 is 1.21 bits per heavy atom. The first kappa shape index (κ1) is 94.6. The number of allylic oxidation sites excluding steroid dienone is 1. The fraction of sp³-hybridized carbons (Fsp3) is 0.500. The molecule has 6 rings (SSSR count). The van der Waals surface area contributed by atoms with Gasteiger partial charge in [-0.2, -0.15) is 11.8 Å². The quantitative estimate of drug-likeness (QED) is 0.0140. The largest absolute Gasteiger partial charge is 0.464 e. The van der Waals surface area contributed by atoms with Crippen LogP contribution in [0, 0.1) is 35.5 Å². The Hall–Kier alpha value is -8.53. The Bertz CT molecular complexity index is 3500. The van der Waals surface area contributed by atoms with Crippen LogP contribution in [-0.4, -0.2) is 135 Å². The van der Waals surface area contributed by atoms with Gasteiger partial charge >= 0.3 is 29.8 Å². The van der Waals surface area contributed by atoms with Gasteiger partial charge in [-0.05, 0) is 159 Å². The number of ether oxygens (including phenoxy) is 5. The number of esters is 5. The fourth-order valence-electron chi connectivity index (χ4n) is 9.25. The van der Waals surface area contributed by atoms with Crippen molar-refractivity contribution >= 4 is 94.3 Å². The Morgan fingerprint density at radius 2 is 0.832 bits per heavy atom. The molecule has 0 aliphatic heterocycles. The summed E-state index contributed by atoms with van der Waals surface area (Å²) in [4.78, 5) is 120. The average molecular weight is 1540 g/mol. The summed E-state index contributed by atoms with van der Waals surface area (Å²) in [6.45, 7) is 28.8. The first-order valence-electron chi connectivity index (χ1n) is 36.8. The molecular formula is C84H117Cl2N5O15S. The maximum Gasteiger partial charge on any atom is 0.328 e. The molecule has 0 saturated heterocycles. The third-order valence-corrected chi connectivity index (χ3v) is 16.7. The van der Waals surface area contributed by atoms with E-state index in [0.717, 1.165) is 58.4 Å². The molecule has 588 valence electrons. The van der Waals surface area contributed by atoms with Gasteiger partial charge in [-0.15, -0.1) is 0 Å². The van der Waals surface area contributed by atoms with Crippen molar-refractivity contribution in [2.24, 2.45) is 35.5 Å². The number of carbonyl (C=O) groups excluding carboxylic acids is 10. The van der Waals surface area contributed by atoms with Gasteiger partial charge in [0, 0.05) is 10.0 Å². The lowest BCUT2D eigenvalue weighted by molar-refractivity contribution is -0.150. The number of benzene rings is 5. The average Bonchev–Trinajstić information content (AvgIpc) is 1.92. The van der Waals surface area contributed by atoms with Crippen molar-refractivity contribution in [1.29, 1.82) is 0 Å². The number of halogens is 2. The van der Waals surface area contributed by atoms with Crippen LogP contribution in [0.4, 0.5) is 0 Å². The molecule has 1 fully saturated rings. The van der Waals surface area contributed by atoms with Crippen molar-refractivity contribution in [2.45, 2.75) is 191 Å². The van der Waals surface area contributed by atoms with E-state index in [2.05, 4.69) is 33.5 Å². The molecule has 0 aromatic heterocycles. The zero-order chi connectivity index (χ0) is 79.8. The lowest BCUT2D eigenvalue weighted by atomic mass is 10.0. The number of hydrogen-bond donors (Lipinski definition) is 5. The number of hydrogen-bond acceptors (Lipinski definition) is 16. The minimum absolute atomic E-state index is 0.0100. The molecule has 5 amide bonds. The second-order valence-electron chi connectivity index (χ2n) is 28.3. The van der Waals surface area contributed by atoms with Crippen LogP contribution >= 0.6 is 35.0 Å². The van der Waals surface area contributed by atoms with E-state index in [4.69, 9.17) is 46.9 Å². The Balaban J connectivity index is 0.000000454. The third kappa shape index (κ3) is 46.3. The van der Waals surface area contributed by atoms with Gasteiger partial charge in [0.1, 0.15) is 36.8 Å². The van der Waals surface area contributed by atoms with E-state index in [1.165, 1.54) is 0 Å². The lowest BCUT2D eigenvalue weighted by Gasteiger charge is -2.21. The molecule has 1 aliphatic carbocycles. The van der Waals surface area contributed by atoms with Gasteiger partial charge < -0.3 is 50.3 Å². The van der Waals surface area contributed by atoms with Gasteiger partial charge in [0.25, 0.3) is 0 Å². The van der Waals surface area contributed by atoms with E-state index in [0.29, 0.717) is 67.1 Å². The molecule has 23 heteroatoms. The predicted octanol–water partition coefficient (Wildman–Crippen LogP) is 13.8. The van der Waals surface area contributed by atoms with E-state index in [1.54, 1.807) is 68.1 Å². The van der Waals surface area contributed by atoms with Crippen LogP contribution in [0.2, 0.25) is 10.0 Å². The van der Waals surface area contributed by atoms with E-state index in [-0.39, 0.29) is 110 Å². The fourth-order valence-corrected chi connectivity index (χ4v) is 10.1. The lowest BCUT2D eigenvalue weighted by Crippen LogP contribution is -2.46. The highest BCUT2D eigenvalue weighted by Crippen LogP contribution is 2.29. The van der Waals surface area contributed by atoms with E-state index in [9.17, 15) is 47.9 Å². The summed E-state index contributed by atoms with van der Waals surface area (Å²) in [6, 6.07) is 39.6. The number of thioether (sulfide) groups is 1. The number of carbonyl (C=O) groups is 10. The smallest absolute Gasteiger partial charge is 0.328 e. The number of rotatable bonds is 37.